The second kappa shape index (κ2) is 11.4. The average molecular weight is 574 g/mol. The van der Waals surface area contributed by atoms with E-state index in [4.69, 9.17) is 14.7 Å². The van der Waals surface area contributed by atoms with Crippen LogP contribution in [0.4, 0.5) is 24.5 Å². The van der Waals surface area contributed by atoms with E-state index in [9.17, 15) is 13.2 Å². The highest BCUT2D eigenvalue weighted by Gasteiger charge is 2.33. The Morgan fingerprint density at radius 3 is 2.45 bits per heavy atom. The first-order valence-corrected chi connectivity index (χ1v) is 13.8. The largest absolute Gasteiger partial charge is 0.573 e. The Morgan fingerprint density at radius 2 is 1.69 bits per heavy atom. The van der Waals surface area contributed by atoms with Crippen LogP contribution in [0.25, 0.3) is 28.1 Å². The minimum Gasteiger partial charge on any atom is -0.404 e. The third-order valence-electron chi connectivity index (χ3n) is 7.60. The van der Waals surface area contributed by atoms with Gasteiger partial charge < -0.3 is 19.4 Å². The van der Waals surface area contributed by atoms with Crippen molar-refractivity contribution < 1.29 is 22.6 Å². The summed E-state index contributed by atoms with van der Waals surface area (Å²) in [5.41, 5.74) is 5.08. The van der Waals surface area contributed by atoms with Crippen LogP contribution >= 0.6 is 0 Å². The van der Waals surface area contributed by atoms with Crippen LogP contribution in [-0.2, 0) is 4.74 Å². The van der Waals surface area contributed by atoms with Crippen molar-refractivity contribution in [3.05, 3.63) is 90.0 Å². The van der Waals surface area contributed by atoms with Crippen LogP contribution in [0.5, 0.6) is 5.75 Å². The molecule has 2 aliphatic carbocycles. The highest BCUT2D eigenvalue weighted by molar-refractivity contribution is 5.85. The number of fused-ring (bicyclic) bond motifs is 2. The normalized spacial score (nSPS) is 18.0. The molecule has 3 aliphatic rings. The quantitative estimate of drug-likeness (QED) is 0.215. The average Bonchev–Trinajstić information content (AvgIpc) is 2.97. The van der Waals surface area contributed by atoms with Crippen LogP contribution in [-0.4, -0.2) is 40.2 Å². The predicted molar refractivity (Wildman–Crippen MR) is 155 cm³/mol. The van der Waals surface area contributed by atoms with Crippen molar-refractivity contribution in [2.24, 2.45) is 4.99 Å². The first-order valence-electron chi connectivity index (χ1n) is 13.8. The molecule has 0 amide bonds. The lowest BCUT2D eigenvalue weighted by Crippen LogP contribution is -2.25. The van der Waals surface area contributed by atoms with Crippen molar-refractivity contribution in [2.45, 2.75) is 51.1 Å². The molecule has 0 atom stereocenters. The van der Waals surface area contributed by atoms with Gasteiger partial charge in [-0.05, 0) is 81.1 Å². The van der Waals surface area contributed by atoms with Gasteiger partial charge in [-0.25, -0.2) is 4.98 Å². The lowest BCUT2D eigenvalue weighted by atomic mass is 9.93. The zero-order chi connectivity index (χ0) is 29.3. The van der Waals surface area contributed by atoms with E-state index in [0.29, 0.717) is 27.8 Å². The van der Waals surface area contributed by atoms with E-state index >= 15 is 0 Å². The Bertz CT molecular complexity index is 1760. The van der Waals surface area contributed by atoms with Gasteiger partial charge in [0.25, 0.3) is 0 Å². The van der Waals surface area contributed by atoms with E-state index < -0.39 is 6.36 Å². The van der Waals surface area contributed by atoms with E-state index in [1.165, 1.54) is 12.1 Å². The Labute approximate surface area is 241 Å². The fraction of sp³-hybridized carbons (Fsp3) is 0.281. The molecule has 3 aromatic rings. The predicted octanol–water partition coefficient (Wildman–Crippen LogP) is 7.33. The number of aromatic nitrogens is 3. The molecule has 2 aromatic carbocycles. The van der Waals surface area contributed by atoms with E-state index in [0.717, 1.165) is 42.8 Å². The number of methoxy groups -OCH3 is 1. The number of rotatable bonds is 6. The molecule has 1 saturated carbocycles. The van der Waals surface area contributed by atoms with Crippen LogP contribution in [0.3, 0.4) is 0 Å². The van der Waals surface area contributed by atoms with Crippen LogP contribution in [0.1, 0.15) is 31.4 Å². The third-order valence-corrected chi connectivity index (χ3v) is 7.60. The Hall–Kier alpha value is -4.44. The van der Waals surface area contributed by atoms with Crippen molar-refractivity contribution in [3.8, 4) is 22.8 Å². The summed E-state index contributed by atoms with van der Waals surface area (Å²) in [7, 11) is 1.74. The number of aryl methyl sites for hydroxylation is 1. The molecular formula is C32H30F3N5O2. The molecule has 0 radical (unpaired) electrons. The summed E-state index contributed by atoms with van der Waals surface area (Å²) in [6.07, 6.45) is 0.688. The van der Waals surface area contributed by atoms with Crippen molar-refractivity contribution in [2.75, 3.05) is 12.4 Å². The number of hydrogen-bond acceptors (Lipinski definition) is 6. The molecule has 0 unspecified atom stereocenters. The SMILES string of the molecule is COC1CCC(N=c2cc3n(-c4ccccc4OC(F)(F)F)c4ccccc4nc-3cc2Nc2cccnc2C)CC1. The number of anilines is 2. The second-order valence-corrected chi connectivity index (χ2v) is 10.4. The molecule has 0 bridgehead atoms. The van der Waals surface area contributed by atoms with Crippen molar-refractivity contribution in [1.29, 1.82) is 0 Å². The zero-order valence-electron chi connectivity index (χ0n) is 23.2. The topological polar surface area (TPSA) is 73.6 Å². The highest BCUT2D eigenvalue weighted by atomic mass is 19.4. The number of nitrogens with one attached hydrogen (secondary N) is 1. The highest BCUT2D eigenvalue weighted by Crippen LogP contribution is 2.36. The maximum Gasteiger partial charge on any atom is 0.573 e. The van der Waals surface area contributed by atoms with Crippen molar-refractivity contribution >= 4 is 22.4 Å². The second-order valence-electron chi connectivity index (χ2n) is 10.4. The summed E-state index contributed by atoms with van der Waals surface area (Å²) in [6, 6.07) is 21.2. The molecule has 7 nitrogen and oxygen atoms in total. The summed E-state index contributed by atoms with van der Waals surface area (Å²) in [5.74, 6) is -0.308. The number of para-hydroxylation sites is 4. The minimum absolute atomic E-state index is 0.0760. The summed E-state index contributed by atoms with van der Waals surface area (Å²) in [5, 5.41) is 4.18. The third kappa shape index (κ3) is 5.80. The number of halogens is 3. The Kier molecular flexibility index (Phi) is 7.55. The fourth-order valence-corrected chi connectivity index (χ4v) is 5.53. The lowest BCUT2D eigenvalue weighted by Gasteiger charge is -2.25. The van der Waals surface area contributed by atoms with Gasteiger partial charge in [-0.15, -0.1) is 13.2 Å². The maximum atomic E-state index is 13.5. The van der Waals surface area contributed by atoms with Gasteiger partial charge in [0, 0.05) is 13.3 Å². The van der Waals surface area contributed by atoms with Gasteiger partial charge >= 0.3 is 6.36 Å². The van der Waals surface area contributed by atoms with Crippen molar-refractivity contribution in [1.82, 2.24) is 14.5 Å². The first-order chi connectivity index (χ1) is 20.3. The first kappa shape index (κ1) is 27.7. The summed E-state index contributed by atoms with van der Waals surface area (Å²) in [4.78, 5) is 14.5. The van der Waals surface area contributed by atoms with Gasteiger partial charge in [0.1, 0.15) is 0 Å². The molecule has 1 aromatic heterocycles. The number of hydrogen-bond donors (Lipinski definition) is 1. The van der Waals surface area contributed by atoms with E-state index in [-0.39, 0.29) is 23.6 Å². The van der Waals surface area contributed by atoms with Crippen LogP contribution < -0.4 is 15.4 Å². The molecule has 6 rings (SSSR count). The molecule has 2 heterocycles. The van der Waals surface area contributed by atoms with Gasteiger partial charge in [0.2, 0.25) is 0 Å². The van der Waals surface area contributed by atoms with Gasteiger partial charge in [0.05, 0.1) is 62.7 Å². The molecule has 10 heteroatoms. The van der Waals surface area contributed by atoms with Gasteiger partial charge in [0.15, 0.2) is 5.75 Å². The Morgan fingerprint density at radius 1 is 0.929 bits per heavy atom. The Balaban J connectivity index is 1.60. The maximum absolute atomic E-state index is 13.5. The number of nitrogens with zero attached hydrogens (tertiary/aromatic N) is 4. The number of pyridine rings is 1. The molecule has 0 saturated heterocycles. The fourth-order valence-electron chi connectivity index (χ4n) is 5.53. The van der Waals surface area contributed by atoms with Crippen molar-refractivity contribution in [3.63, 3.8) is 0 Å². The summed E-state index contributed by atoms with van der Waals surface area (Å²) in [6.45, 7) is 1.92. The van der Waals surface area contributed by atoms with E-state index in [1.54, 1.807) is 30.0 Å². The van der Waals surface area contributed by atoms with Crippen LogP contribution in [0, 0.1) is 6.92 Å². The summed E-state index contributed by atoms with van der Waals surface area (Å²) >= 11 is 0. The minimum atomic E-state index is -4.85. The van der Waals surface area contributed by atoms with Gasteiger partial charge in [-0.3, -0.25) is 9.98 Å². The van der Waals surface area contributed by atoms with E-state index in [2.05, 4.69) is 15.0 Å². The molecule has 1 aliphatic heterocycles. The number of alkyl halides is 3. The molecule has 42 heavy (non-hydrogen) atoms. The summed E-state index contributed by atoms with van der Waals surface area (Å²) < 4.78 is 52.2. The molecule has 216 valence electrons. The number of ether oxygens (including phenoxy) is 2. The van der Waals surface area contributed by atoms with Crippen LogP contribution in [0.2, 0.25) is 0 Å². The number of benzene rings is 3. The molecular weight excluding hydrogens is 543 g/mol. The monoisotopic (exact) mass is 573 g/mol. The smallest absolute Gasteiger partial charge is 0.404 e. The molecule has 1 fully saturated rings. The molecule has 1 N–H and O–H groups in total. The molecule has 0 spiro atoms. The zero-order valence-corrected chi connectivity index (χ0v) is 23.2. The lowest BCUT2D eigenvalue weighted by molar-refractivity contribution is -0.274. The van der Waals surface area contributed by atoms with Gasteiger partial charge in [-0.2, -0.15) is 0 Å². The van der Waals surface area contributed by atoms with Gasteiger partial charge in [-0.1, -0.05) is 24.3 Å². The standard InChI is InChI=1S/C32H30F3N5O2/c1-20-23(9-7-17-36-20)38-25-18-27-30(19-26(25)37-21-13-15-22(41-2)16-14-21)40(28-10-4-3-8-24(28)39-27)29-11-5-6-12-31(29)42-32(33,34)35/h3-12,17-19,21-22,38H,13-16H2,1-2H3. The van der Waals surface area contributed by atoms with Crippen LogP contribution in [0.15, 0.2) is 84.0 Å². The van der Waals surface area contributed by atoms with E-state index in [1.807, 2.05) is 55.5 Å².